The lowest BCUT2D eigenvalue weighted by Crippen LogP contribution is -2.38. The summed E-state index contributed by atoms with van der Waals surface area (Å²) in [5.41, 5.74) is 7.78. The highest BCUT2D eigenvalue weighted by molar-refractivity contribution is 5.29. The molecule has 0 aliphatic carbocycles. The van der Waals surface area contributed by atoms with Crippen LogP contribution in [0.15, 0.2) is 34.9 Å². The predicted octanol–water partition coefficient (Wildman–Crippen LogP) is 1.42. The smallest absolute Gasteiger partial charge is 0.297 e. The Bertz CT molecular complexity index is 505. The van der Waals surface area contributed by atoms with E-state index in [1.54, 1.807) is 4.68 Å². The van der Waals surface area contributed by atoms with Gasteiger partial charge in [0.05, 0.1) is 6.42 Å². The molecular formula is C14H21N4O+. The maximum Gasteiger partial charge on any atom is 0.297 e. The molecule has 0 amide bonds. The maximum absolute atomic E-state index is 5.88. The van der Waals surface area contributed by atoms with Gasteiger partial charge in [-0.05, 0) is 17.8 Å². The molecule has 2 aromatic rings. The van der Waals surface area contributed by atoms with Gasteiger partial charge in [-0.1, -0.05) is 32.0 Å². The van der Waals surface area contributed by atoms with Gasteiger partial charge in [0, 0.05) is 18.7 Å². The van der Waals surface area contributed by atoms with Crippen molar-refractivity contribution in [1.29, 1.82) is 0 Å². The first-order valence-corrected chi connectivity index (χ1v) is 6.70. The van der Waals surface area contributed by atoms with Crippen molar-refractivity contribution in [2.45, 2.75) is 20.3 Å². The molecule has 19 heavy (non-hydrogen) atoms. The molecule has 0 radical (unpaired) electrons. The Morgan fingerprint density at radius 3 is 2.53 bits per heavy atom. The van der Waals surface area contributed by atoms with E-state index in [1.165, 1.54) is 0 Å². The Kier molecular flexibility index (Phi) is 4.52. The lowest BCUT2D eigenvalue weighted by Gasteiger charge is -2.15. The second kappa shape index (κ2) is 6.33. The van der Waals surface area contributed by atoms with Crippen molar-refractivity contribution < 1.29 is 9.20 Å². The van der Waals surface area contributed by atoms with Crippen molar-refractivity contribution in [3.63, 3.8) is 0 Å². The Labute approximate surface area is 113 Å². The zero-order chi connectivity index (χ0) is 13.7. The minimum absolute atomic E-state index is 0.399. The average Bonchev–Trinajstić information content (AvgIpc) is 2.82. The number of benzene rings is 1. The standard InChI is InChI=1S/C14H21N4O/c1-3-17(4-2)11-10-13-14(15)19-16-18(13)12-8-6-5-7-9-12/h5-9H,3-4,10-11,15H2,1-2H3/q+1. The summed E-state index contributed by atoms with van der Waals surface area (Å²) >= 11 is 0. The van der Waals surface area contributed by atoms with Crippen LogP contribution in [0.3, 0.4) is 0 Å². The molecule has 0 spiro atoms. The van der Waals surface area contributed by atoms with Gasteiger partial charge >= 0.3 is 0 Å². The fraction of sp³-hybridized carbons (Fsp3) is 0.429. The zero-order valence-corrected chi connectivity index (χ0v) is 11.5. The van der Waals surface area contributed by atoms with E-state index in [0.717, 1.165) is 37.4 Å². The number of likely N-dealkylation sites (N-methyl/N-ethyl adjacent to an activating group) is 1. The average molecular weight is 261 g/mol. The van der Waals surface area contributed by atoms with Crippen LogP contribution in [0.1, 0.15) is 19.5 Å². The highest BCUT2D eigenvalue weighted by Gasteiger charge is 2.24. The quantitative estimate of drug-likeness (QED) is 0.799. The van der Waals surface area contributed by atoms with Crippen LogP contribution in [0.4, 0.5) is 5.88 Å². The number of anilines is 1. The number of para-hydroxylation sites is 1. The Balaban J connectivity index is 2.19. The van der Waals surface area contributed by atoms with Crippen molar-refractivity contribution in [1.82, 2.24) is 10.2 Å². The number of rotatable bonds is 6. The molecule has 0 atom stereocenters. The third-order valence-electron chi connectivity index (χ3n) is 3.32. The van der Waals surface area contributed by atoms with E-state index in [2.05, 4.69) is 24.0 Å². The second-order valence-corrected chi connectivity index (χ2v) is 4.41. The van der Waals surface area contributed by atoms with Gasteiger partial charge < -0.3 is 10.6 Å². The largest absolute Gasteiger partial charge is 0.362 e. The number of nitrogens with two attached hydrogens (primary N) is 1. The van der Waals surface area contributed by atoms with Crippen LogP contribution in [-0.4, -0.2) is 29.8 Å². The van der Waals surface area contributed by atoms with Gasteiger partial charge in [0.1, 0.15) is 0 Å². The van der Waals surface area contributed by atoms with E-state index >= 15 is 0 Å². The van der Waals surface area contributed by atoms with Crippen molar-refractivity contribution >= 4 is 5.88 Å². The Morgan fingerprint density at radius 2 is 1.89 bits per heavy atom. The molecule has 1 heterocycles. The second-order valence-electron chi connectivity index (χ2n) is 4.41. The molecule has 0 saturated carbocycles. The predicted molar refractivity (Wildman–Crippen MR) is 73.9 cm³/mol. The molecule has 0 saturated heterocycles. The number of nitrogen functional groups attached to an aromatic ring is 1. The molecule has 1 aromatic carbocycles. The molecule has 5 nitrogen and oxygen atoms in total. The first kappa shape index (κ1) is 13.5. The summed E-state index contributed by atoms with van der Waals surface area (Å²) < 4.78 is 6.90. The highest BCUT2D eigenvalue weighted by Crippen LogP contribution is 2.10. The van der Waals surface area contributed by atoms with E-state index < -0.39 is 0 Å². The first-order valence-electron chi connectivity index (χ1n) is 6.70. The molecule has 0 aliphatic heterocycles. The third kappa shape index (κ3) is 3.12. The summed E-state index contributed by atoms with van der Waals surface area (Å²) in [6, 6.07) is 9.90. The summed E-state index contributed by atoms with van der Waals surface area (Å²) in [5, 5.41) is 4.01. The van der Waals surface area contributed by atoms with Crippen LogP contribution in [0.25, 0.3) is 5.69 Å². The fourth-order valence-corrected chi connectivity index (χ4v) is 2.10. The molecule has 0 fully saturated rings. The summed E-state index contributed by atoms with van der Waals surface area (Å²) in [4.78, 5) is 2.35. The van der Waals surface area contributed by atoms with E-state index in [4.69, 9.17) is 10.3 Å². The molecule has 2 rings (SSSR count). The molecule has 1 aromatic heterocycles. The molecular weight excluding hydrogens is 240 g/mol. The maximum atomic E-state index is 5.88. The summed E-state index contributed by atoms with van der Waals surface area (Å²) in [5.74, 6) is 0.399. The van der Waals surface area contributed by atoms with E-state index in [0.29, 0.717) is 5.88 Å². The van der Waals surface area contributed by atoms with Crippen LogP contribution in [-0.2, 0) is 6.42 Å². The van der Waals surface area contributed by atoms with Crippen LogP contribution < -0.4 is 10.4 Å². The summed E-state index contributed by atoms with van der Waals surface area (Å²) in [6.45, 7) is 7.34. The van der Waals surface area contributed by atoms with Crippen molar-refractivity contribution in [2.24, 2.45) is 0 Å². The van der Waals surface area contributed by atoms with Crippen LogP contribution >= 0.6 is 0 Å². The number of hydrogen-bond acceptors (Lipinski definition) is 4. The van der Waals surface area contributed by atoms with Gasteiger partial charge in [0.2, 0.25) is 11.0 Å². The van der Waals surface area contributed by atoms with E-state index in [1.807, 2.05) is 30.3 Å². The molecule has 2 N–H and O–H groups in total. The zero-order valence-electron chi connectivity index (χ0n) is 11.5. The van der Waals surface area contributed by atoms with Gasteiger partial charge in [-0.15, -0.1) is 0 Å². The van der Waals surface area contributed by atoms with E-state index in [-0.39, 0.29) is 0 Å². The fourth-order valence-electron chi connectivity index (χ4n) is 2.10. The Morgan fingerprint density at radius 1 is 1.21 bits per heavy atom. The van der Waals surface area contributed by atoms with Crippen molar-refractivity contribution in [3.05, 3.63) is 36.0 Å². The monoisotopic (exact) mass is 261 g/mol. The number of nitrogens with zero attached hydrogens (tertiary/aromatic N) is 3. The van der Waals surface area contributed by atoms with Crippen LogP contribution in [0.2, 0.25) is 0 Å². The molecule has 102 valence electrons. The van der Waals surface area contributed by atoms with Crippen LogP contribution in [0.5, 0.6) is 0 Å². The van der Waals surface area contributed by atoms with Crippen molar-refractivity contribution in [2.75, 3.05) is 25.4 Å². The van der Waals surface area contributed by atoms with Gasteiger partial charge in [-0.2, -0.15) is 0 Å². The highest BCUT2D eigenvalue weighted by atomic mass is 16.5. The lowest BCUT2D eigenvalue weighted by atomic mass is 10.2. The number of hydrogen-bond donors (Lipinski definition) is 1. The van der Waals surface area contributed by atoms with Crippen molar-refractivity contribution in [3.8, 4) is 5.69 Å². The van der Waals surface area contributed by atoms with Gasteiger partial charge in [-0.25, -0.2) is 0 Å². The van der Waals surface area contributed by atoms with Gasteiger partial charge in [0.15, 0.2) is 0 Å². The summed E-state index contributed by atoms with van der Waals surface area (Å²) in [6.07, 6.45) is 0.825. The molecule has 5 heteroatoms. The lowest BCUT2D eigenvalue weighted by molar-refractivity contribution is -0.677. The molecule has 0 aliphatic rings. The minimum Gasteiger partial charge on any atom is -0.362 e. The van der Waals surface area contributed by atoms with E-state index in [9.17, 15) is 0 Å². The third-order valence-corrected chi connectivity index (χ3v) is 3.32. The number of aromatic nitrogens is 2. The summed E-state index contributed by atoms with van der Waals surface area (Å²) in [7, 11) is 0. The normalized spacial score (nSPS) is 11.1. The van der Waals surface area contributed by atoms with Gasteiger partial charge in [-0.3, -0.25) is 4.52 Å². The van der Waals surface area contributed by atoms with Gasteiger partial charge in [0.25, 0.3) is 11.6 Å². The Hall–Kier alpha value is -1.88. The SMILES string of the molecule is CCN(CC)CCc1c(N)on[n+]1-c1ccccc1. The van der Waals surface area contributed by atoms with Crippen LogP contribution in [0, 0.1) is 0 Å². The molecule has 0 bridgehead atoms. The minimum atomic E-state index is 0.399. The first-order chi connectivity index (χ1) is 9.26. The molecule has 0 unspecified atom stereocenters. The topological polar surface area (TPSA) is 59.2 Å².